The van der Waals surface area contributed by atoms with Gasteiger partial charge in [0.05, 0.1) is 11.9 Å². The summed E-state index contributed by atoms with van der Waals surface area (Å²) >= 11 is 0. The molecule has 0 amide bonds. The molecule has 0 saturated carbocycles. The largest absolute Gasteiger partial charge is 0.508 e. The number of fused-ring (bicyclic) bond motifs is 2. The normalized spacial score (nSPS) is 14.2. The fourth-order valence-corrected chi connectivity index (χ4v) is 4.15. The lowest BCUT2D eigenvalue weighted by Crippen LogP contribution is -2.43. The van der Waals surface area contributed by atoms with Gasteiger partial charge < -0.3 is 15.3 Å². The van der Waals surface area contributed by atoms with Gasteiger partial charge in [0, 0.05) is 65.9 Å². The van der Waals surface area contributed by atoms with Gasteiger partial charge in [-0.25, -0.2) is 4.39 Å². The van der Waals surface area contributed by atoms with Gasteiger partial charge >= 0.3 is 0 Å². The minimum atomic E-state index is -0.476. The van der Waals surface area contributed by atoms with E-state index in [1.807, 2.05) is 12.1 Å². The number of benzene rings is 2. The van der Waals surface area contributed by atoms with Crippen molar-refractivity contribution in [2.45, 2.75) is 0 Å². The zero-order valence-electron chi connectivity index (χ0n) is 16.2. The highest BCUT2D eigenvalue weighted by Gasteiger charge is 2.20. The van der Waals surface area contributed by atoms with E-state index >= 15 is 4.39 Å². The summed E-state index contributed by atoms with van der Waals surface area (Å²) in [4.78, 5) is 10.9. The van der Waals surface area contributed by atoms with Crippen molar-refractivity contribution in [3.8, 4) is 29.4 Å². The van der Waals surface area contributed by atoms with E-state index < -0.39 is 5.82 Å². The van der Waals surface area contributed by atoms with Crippen molar-refractivity contribution in [1.29, 1.82) is 0 Å². The van der Waals surface area contributed by atoms with Crippen LogP contribution in [0, 0.1) is 18.2 Å². The number of aromatic nitrogens is 2. The van der Waals surface area contributed by atoms with Crippen LogP contribution in [-0.4, -0.2) is 41.3 Å². The van der Waals surface area contributed by atoms with Crippen LogP contribution in [0.5, 0.6) is 5.75 Å². The van der Waals surface area contributed by atoms with E-state index in [4.69, 9.17) is 6.42 Å². The number of nitrogens with zero attached hydrogens (tertiary/aromatic N) is 3. The number of phenolic OH excluding ortho intramolecular Hbond substituents is 1. The van der Waals surface area contributed by atoms with Crippen LogP contribution in [0.25, 0.3) is 32.8 Å². The Labute approximate surface area is 173 Å². The second-order valence-electron chi connectivity index (χ2n) is 7.32. The molecule has 1 aliphatic rings. The molecule has 1 saturated heterocycles. The van der Waals surface area contributed by atoms with Gasteiger partial charge in [0.15, 0.2) is 5.82 Å². The molecule has 6 heteroatoms. The minimum Gasteiger partial charge on any atom is -0.508 e. The molecular formula is C24H19FN4O. The van der Waals surface area contributed by atoms with Crippen LogP contribution in [0.4, 0.5) is 10.1 Å². The van der Waals surface area contributed by atoms with Crippen LogP contribution in [-0.2, 0) is 0 Å². The number of rotatable bonds is 2. The van der Waals surface area contributed by atoms with Gasteiger partial charge in [-0.2, -0.15) is 0 Å². The average molecular weight is 398 g/mol. The minimum absolute atomic E-state index is 0.0284. The first-order valence-electron chi connectivity index (χ1n) is 9.78. The fourth-order valence-electron chi connectivity index (χ4n) is 4.15. The van der Waals surface area contributed by atoms with E-state index in [1.54, 1.807) is 24.5 Å². The summed E-state index contributed by atoms with van der Waals surface area (Å²) in [5.41, 5.74) is 2.10. The quantitative estimate of drug-likeness (QED) is 0.505. The molecule has 148 valence electrons. The number of terminal acetylenes is 1. The number of hydrogen-bond acceptors (Lipinski definition) is 5. The fraction of sp³-hybridized carbons (Fsp3) is 0.167. The topological polar surface area (TPSA) is 61.3 Å². The zero-order chi connectivity index (χ0) is 20.7. The van der Waals surface area contributed by atoms with Gasteiger partial charge in [0.1, 0.15) is 11.4 Å². The lowest BCUT2D eigenvalue weighted by molar-refractivity contribution is 0.476. The Kier molecular flexibility index (Phi) is 4.46. The maximum atomic E-state index is 15.7. The van der Waals surface area contributed by atoms with Crippen LogP contribution in [0.3, 0.4) is 0 Å². The predicted octanol–water partition coefficient (Wildman–Crippen LogP) is 3.69. The van der Waals surface area contributed by atoms with Gasteiger partial charge in [-0.3, -0.25) is 9.97 Å². The number of anilines is 1. The molecule has 0 radical (unpaired) electrons. The van der Waals surface area contributed by atoms with Crippen molar-refractivity contribution in [3.63, 3.8) is 0 Å². The van der Waals surface area contributed by atoms with Crippen LogP contribution in [0.1, 0.15) is 5.56 Å². The molecule has 0 spiro atoms. The number of hydrogen-bond donors (Lipinski definition) is 2. The highest BCUT2D eigenvalue weighted by atomic mass is 19.1. The maximum Gasteiger partial charge on any atom is 0.158 e. The van der Waals surface area contributed by atoms with Crippen molar-refractivity contribution in [3.05, 3.63) is 60.3 Å². The first kappa shape index (κ1) is 18.3. The highest BCUT2D eigenvalue weighted by Crippen LogP contribution is 2.37. The van der Waals surface area contributed by atoms with Crippen LogP contribution in [0.2, 0.25) is 0 Å². The van der Waals surface area contributed by atoms with Crippen molar-refractivity contribution >= 4 is 27.2 Å². The molecule has 0 aliphatic carbocycles. The Bertz CT molecular complexity index is 1320. The molecule has 5 rings (SSSR count). The Hall–Kier alpha value is -3.69. The SMILES string of the molecule is C#Cc1cccc2cc(O)cc(-c3ncc4c(N5CCNCC5)cncc4c3F)c12. The van der Waals surface area contributed by atoms with Crippen LogP contribution < -0.4 is 10.2 Å². The van der Waals surface area contributed by atoms with E-state index in [9.17, 15) is 5.11 Å². The third-order valence-electron chi connectivity index (χ3n) is 5.56. The van der Waals surface area contributed by atoms with Crippen LogP contribution in [0.15, 0.2) is 48.9 Å². The molecule has 5 nitrogen and oxygen atoms in total. The average Bonchev–Trinajstić information content (AvgIpc) is 2.78. The van der Waals surface area contributed by atoms with Gasteiger partial charge in [-0.15, -0.1) is 6.42 Å². The standard InChI is InChI=1S/C24H19FN4O/c1-2-15-4-3-5-16-10-17(30)11-18(22(15)16)24-23(25)20-12-27-14-21(19(20)13-28-24)29-8-6-26-7-9-29/h1,3-5,10-14,26,30H,6-9H2. The van der Waals surface area contributed by atoms with Crippen LogP contribution >= 0.6 is 0 Å². The van der Waals surface area contributed by atoms with E-state index in [1.165, 1.54) is 12.3 Å². The number of phenols is 1. The van der Waals surface area contributed by atoms with E-state index in [-0.39, 0.29) is 11.4 Å². The Balaban J connectivity index is 1.76. The summed E-state index contributed by atoms with van der Waals surface area (Å²) in [7, 11) is 0. The first-order chi connectivity index (χ1) is 14.7. The monoisotopic (exact) mass is 398 g/mol. The maximum absolute atomic E-state index is 15.7. The van der Waals surface area contributed by atoms with E-state index in [2.05, 4.69) is 26.1 Å². The molecule has 0 unspecified atom stereocenters. The van der Waals surface area contributed by atoms with Gasteiger partial charge in [-0.1, -0.05) is 18.1 Å². The van der Waals surface area contributed by atoms with Crippen molar-refractivity contribution in [2.75, 3.05) is 31.1 Å². The summed E-state index contributed by atoms with van der Waals surface area (Å²) in [5, 5.41) is 16.1. The molecule has 4 aromatic rings. The van der Waals surface area contributed by atoms with E-state index in [0.29, 0.717) is 21.9 Å². The molecule has 0 atom stereocenters. The second-order valence-corrected chi connectivity index (χ2v) is 7.32. The van der Waals surface area contributed by atoms with Gasteiger partial charge in [0.25, 0.3) is 0 Å². The molecular weight excluding hydrogens is 379 g/mol. The number of pyridine rings is 2. The molecule has 1 fully saturated rings. The number of halogens is 1. The summed E-state index contributed by atoms with van der Waals surface area (Å²) in [6.45, 7) is 3.39. The molecule has 2 N–H and O–H groups in total. The second kappa shape index (κ2) is 7.29. The molecule has 3 heterocycles. The third kappa shape index (κ3) is 2.92. The lowest BCUT2D eigenvalue weighted by Gasteiger charge is -2.30. The summed E-state index contributed by atoms with van der Waals surface area (Å²) in [6, 6.07) is 8.57. The molecule has 30 heavy (non-hydrogen) atoms. The Morgan fingerprint density at radius 2 is 1.93 bits per heavy atom. The summed E-state index contributed by atoms with van der Waals surface area (Å²) in [6.07, 6.45) is 10.6. The van der Waals surface area contributed by atoms with Crippen molar-refractivity contribution < 1.29 is 9.50 Å². The molecule has 1 aliphatic heterocycles. The van der Waals surface area contributed by atoms with E-state index in [0.717, 1.165) is 42.6 Å². The number of aromatic hydroxyl groups is 1. The zero-order valence-corrected chi connectivity index (χ0v) is 16.2. The highest BCUT2D eigenvalue weighted by molar-refractivity contribution is 6.03. The number of nitrogens with one attached hydrogen (secondary N) is 1. The van der Waals surface area contributed by atoms with Gasteiger partial charge in [0.2, 0.25) is 0 Å². The smallest absolute Gasteiger partial charge is 0.158 e. The van der Waals surface area contributed by atoms with Crippen molar-refractivity contribution in [1.82, 2.24) is 15.3 Å². The lowest BCUT2D eigenvalue weighted by atomic mass is 9.96. The summed E-state index contributed by atoms with van der Waals surface area (Å²) < 4.78 is 15.7. The van der Waals surface area contributed by atoms with Crippen molar-refractivity contribution in [2.24, 2.45) is 0 Å². The Morgan fingerprint density at radius 1 is 1.10 bits per heavy atom. The first-order valence-corrected chi connectivity index (χ1v) is 9.78. The molecule has 2 aromatic heterocycles. The number of piperazine rings is 1. The molecule has 2 aromatic carbocycles. The summed E-state index contributed by atoms with van der Waals surface area (Å²) in [5.74, 6) is 2.20. The molecule has 0 bridgehead atoms. The van der Waals surface area contributed by atoms with Gasteiger partial charge in [-0.05, 0) is 23.6 Å². The predicted molar refractivity (Wildman–Crippen MR) is 117 cm³/mol. The Morgan fingerprint density at radius 3 is 2.73 bits per heavy atom. The third-order valence-corrected chi connectivity index (χ3v) is 5.56.